The molecule has 1 fully saturated rings. The molecular weight excluding hydrogens is 258 g/mol. The Balaban J connectivity index is 2.00. The summed E-state index contributed by atoms with van der Waals surface area (Å²) < 4.78 is 0. The van der Waals surface area contributed by atoms with E-state index in [1.807, 2.05) is 0 Å². The van der Waals surface area contributed by atoms with Crippen molar-refractivity contribution >= 4 is 17.7 Å². The molecule has 2 amide bonds. The molecule has 6 nitrogen and oxygen atoms in total. The second kappa shape index (κ2) is 5.90. The van der Waals surface area contributed by atoms with Gasteiger partial charge in [0.25, 0.3) is 0 Å². The quantitative estimate of drug-likeness (QED) is 0.790. The lowest BCUT2D eigenvalue weighted by Gasteiger charge is -2.20. The van der Waals surface area contributed by atoms with Crippen LogP contribution >= 0.6 is 0 Å². The number of pyridine rings is 1. The van der Waals surface area contributed by atoms with Crippen molar-refractivity contribution in [1.29, 1.82) is 0 Å². The predicted octanol–water partition coefficient (Wildman–Crippen LogP) is 2.34. The van der Waals surface area contributed by atoms with Gasteiger partial charge < -0.3 is 15.7 Å². The van der Waals surface area contributed by atoms with Crippen LogP contribution in [0.15, 0.2) is 18.3 Å². The smallest absolute Gasteiger partial charge is 0.356 e. The molecule has 20 heavy (non-hydrogen) atoms. The number of aromatic carboxylic acids is 1. The maximum absolute atomic E-state index is 12.0. The number of hydrogen-bond acceptors (Lipinski definition) is 3. The van der Waals surface area contributed by atoms with Crippen LogP contribution in [0.25, 0.3) is 0 Å². The maximum atomic E-state index is 12.0. The largest absolute Gasteiger partial charge is 0.476 e. The number of urea groups is 1. The topological polar surface area (TPSA) is 91.3 Å². The second-order valence-corrected chi connectivity index (χ2v) is 5.32. The summed E-state index contributed by atoms with van der Waals surface area (Å²) in [6.07, 6.45) is 3.43. The van der Waals surface area contributed by atoms with Gasteiger partial charge in [0.05, 0.1) is 5.69 Å². The minimum atomic E-state index is -1.16. The van der Waals surface area contributed by atoms with E-state index in [9.17, 15) is 9.59 Å². The summed E-state index contributed by atoms with van der Waals surface area (Å²) in [4.78, 5) is 26.7. The first-order valence-corrected chi connectivity index (χ1v) is 6.75. The van der Waals surface area contributed by atoms with Gasteiger partial charge in [0, 0.05) is 12.2 Å². The highest BCUT2D eigenvalue weighted by atomic mass is 16.4. The average molecular weight is 277 g/mol. The minimum absolute atomic E-state index is 0.134. The van der Waals surface area contributed by atoms with E-state index in [0.29, 0.717) is 11.8 Å². The molecule has 1 saturated carbocycles. The molecule has 1 aromatic heterocycles. The fourth-order valence-electron chi connectivity index (χ4n) is 2.57. The average Bonchev–Trinajstić information content (AvgIpc) is 2.71. The van der Waals surface area contributed by atoms with E-state index < -0.39 is 5.97 Å². The summed E-state index contributed by atoms with van der Waals surface area (Å²) in [7, 11) is 0. The lowest BCUT2D eigenvalue weighted by Crippen LogP contribution is -2.40. The van der Waals surface area contributed by atoms with Crippen LogP contribution in [0.3, 0.4) is 0 Å². The number of hydrogen-bond donors (Lipinski definition) is 3. The van der Waals surface area contributed by atoms with Crippen LogP contribution in [0.4, 0.5) is 10.5 Å². The summed E-state index contributed by atoms with van der Waals surface area (Å²) in [5, 5.41) is 14.5. The number of anilines is 1. The second-order valence-electron chi connectivity index (χ2n) is 5.32. The highest BCUT2D eigenvalue weighted by Gasteiger charge is 2.30. The molecule has 0 radical (unpaired) electrons. The number of carbonyl (C=O) groups is 2. The Morgan fingerprint density at radius 3 is 2.70 bits per heavy atom. The van der Waals surface area contributed by atoms with Crippen molar-refractivity contribution in [3.8, 4) is 0 Å². The molecule has 3 atom stereocenters. The van der Waals surface area contributed by atoms with Gasteiger partial charge in [-0.05, 0) is 36.8 Å². The number of aromatic nitrogens is 1. The molecular formula is C14H19N3O3. The van der Waals surface area contributed by atoms with Crippen molar-refractivity contribution in [1.82, 2.24) is 10.3 Å². The maximum Gasteiger partial charge on any atom is 0.356 e. The van der Waals surface area contributed by atoms with E-state index in [2.05, 4.69) is 29.5 Å². The Kier molecular flexibility index (Phi) is 4.22. The fraction of sp³-hybridized carbons (Fsp3) is 0.500. The Morgan fingerprint density at radius 2 is 2.10 bits per heavy atom. The van der Waals surface area contributed by atoms with E-state index >= 15 is 0 Å². The molecule has 3 unspecified atom stereocenters. The molecule has 108 valence electrons. The molecule has 0 bridgehead atoms. The third kappa shape index (κ3) is 3.07. The zero-order valence-corrected chi connectivity index (χ0v) is 11.6. The van der Waals surface area contributed by atoms with Gasteiger partial charge in [-0.3, -0.25) is 0 Å². The van der Waals surface area contributed by atoms with Crippen molar-refractivity contribution in [2.75, 3.05) is 5.32 Å². The minimum Gasteiger partial charge on any atom is -0.476 e. The first-order valence-electron chi connectivity index (χ1n) is 6.75. The predicted molar refractivity (Wildman–Crippen MR) is 74.7 cm³/mol. The lowest BCUT2D eigenvalue weighted by atomic mass is 9.98. The van der Waals surface area contributed by atoms with Crippen LogP contribution in [0, 0.1) is 11.8 Å². The molecule has 1 aliphatic carbocycles. The number of carboxylic acid groups (broad SMARTS) is 1. The summed E-state index contributed by atoms with van der Waals surface area (Å²) in [5.74, 6) is -0.148. The van der Waals surface area contributed by atoms with Crippen LogP contribution in [-0.4, -0.2) is 28.1 Å². The van der Waals surface area contributed by atoms with E-state index in [1.54, 1.807) is 6.07 Å². The number of nitrogens with zero attached hydrogens (tertiary/aromatic N) is 1. The first-order chi connectivity index (χ1) is 9.49. The van der Waals surface area contributed by atoms with E-state index in [0.717, 1.165) is 12.8 Å². The third-order valence-corrected chi connectivity index (χ3v) is 4.04. The molecule has 0 spiro atoms. The van der Waals surface area contributed by atoms with E-state index in [-0.39, 0.29) is 23.5 Å². The summed E-state index contributed by atoms with van der Waals surface area (Å²) in [6, 6.07) is 2.86. The van der Waals surface area contributed by atoms with Crippen molar-refractivity contribution in [3.05, 3.63) is 24.0 Å². The molecule has 0 saturated heterocycles. The normalized spacial score (nSPS) is 25.2. The van der Waals surface area contributed by atoms with Gasteiger partial charge in [0.15, 0.2) is 5.69 Å². The van der Waals surface area contributed by atoms with Crippen LogP contribution in [-0.2, 0) is 0 Å². The highest BCUT2D eigenvalue weighted by Crippen LogP contribution is 2.31. The number of amides is 2. The Hall–Kier alpha value is -2.11. The van der Waals surface area contributed by atoms with Crippen LogP contribution < -0.4 is 10.6 Å². The van der Waals surface area contributed by atoms with Crippen LogP contribution in [0.5, 0.6) is 0 Å². The van der Waals surface area contributed by atoms with E-state index in [1.165, 1.54) is 12.3 Å². The molecule has 1 aromatic rings. The first kappa shape index (κ1) is 14.3. The van der Waals surface area contributed by atoms with Gasteiger partial charge in [0.2, 0.25) is 0 Å². The summed E-state index contributed by atoms with van der Waals surface area (Å²) >= 11 is 0. The van der Waals surface area contributed by atoms with Gasteiger partial charge in [0.1, 0.15) is 0 Å². The van der Waals surface area contributed by atoms with Crippen LogP contribution in [0.1, 0.15) is 37.2 Å². The Morgan fingerprint density at radius 1 is 1.35 bits per heavy atom. The van der Waals surface area contributed by atoms with Gasteiger partial charge in [-0.2, -0.15) is 0 Å². The lowest BCUT2D eigenvalue weighted by molar-refractivity contribution is 0.0692. The summed E-state index contributed by atoms with van der Waals surface area (Å²) in [5.41, 5.74) is 0.0479. The zero-order valence-electron chi connectivity index (χ0n) is 11.6. The van der Waals surface area contributed by atoms with Gasteiger partial charge in [-0.15, -0.1) is 0 Å². The molecule has 2 rings (SSSR count). The molecule has 6 heteroatoms. The van der Waals surface area contributed by atoms with Crippen molar-refractivity contribution in [2.45, 2.75) is 32.7 Å². The van der Waals surface area contributed by atoms with Gasteiger partial charge >= 0.3 is 12.0 Å². The van der Waals surface area contributed by atoms with Crippen molar-refractivity contribution < 1.29 is 14.7 Å². The van der Waals surface area contributed by atoms with Crippen LogP contribution in [0.2, 0.25) is 0 Å². The zero-order chi connectivity index (χ0) is 14.7. The Bertz CT molecular complexity index is 518. The number of carboxylic acids is 1. The molecule has 0 aromatic carbocycles. The SMILES string of the molecule is CC1CCC(NC(=O)Nc2cccnc2C(=O)O)C1C. The van der Waals surface area contributed by atoms with Gasteiger partial charge in [-0.25, -0.2) is 14.6 Å². The third-order valence-electron chi connectivity index (χ3n) is 4.04. The molecule has 1 heterocycles. The standard InChI is InChI=1S/C14H19N3O3/c1-8-5-6-10(9(8)2)16-14(20)17-11-4-3-7-15-12(11)13(18)19/h3-4,7-10H,5-6H2,1-2H3,(H,18,19)(H2,16,17,20). The molecule has 3 N–H and O–H groups in total. The van der Waals surface area contributed by atoms with Crippen molar-refractivity contribution in [2.24, 2.45) is 11.8 Å². The van der Waals surface area contributed by atoms with E-state index in [4.69, 9.17) is 5.11 Å². The number of carbonyl (C=O) groups excluding carboxylic acids is 1. The molecule has 1 aliphatic rings. The monoisotopic (exact) mass is 277 g/mol. The highest BCUT2D eigenvalue weighted by molar-refractivity contribution is 5.98. The Labute approximate surface area is 117 Å². The fourth-order valence-corrected chi connectivity index (χ4v) is 2.57. The number of nitrogens with one attached hydrogen (secondary N) is 2. The molecule has 0 aliphatic heterocycles. The number of rotatable bonds is 3. The van der Waals surface area contributed by atoms with Crippen molar-refractivity contribution in [3.63, 3.8) is 0 Å². The summed E-state index contributed by atoms with van der Waals surface area (Å²) in [6.45, 7) is 4.29. The van der Waals surface area contributed by atoms with Gasteiger partial charge in [-0.1, -0.05) is 13.8 Å².